The van der Waals surface area contributed by atoms with Crippen molar-refractivity contribution in [1.82, 2.24) is 20.6 Å². The number of hydrogen-bond donors (Lipinski definition) is 4. The number of carbonyl (C=O) groups excluding carboxylic acids is 2. The Morgan fingerprint density at radius 2 is 0.944 bits per heavy atom. The second-order valence-corrected chi connectivity index (χ2v) is 13.1. The minimum atomic E-state index is -0.248. The van der Waals surface area contributed by atoms with Gasteiger partial charge in [0.1, 0.15) is 23.7 Å². The van der Waals surface area contributed by atoms with E-state index in [1.54, 1.807) is 24.8 Å². The van der Waals surface area contributed by atoms with Gasteiger partial charge in [-0.05, 0) is 95.5 Å². The summed E-state index contributed by atoms with van der Waals surface area (Å²) >= 11 is 0. The summed E-state index contributed by atoms with van der Waals surface area (Å²) in [6.07, 6.45) is 10.8. The smallest absolute Gasteiger partial charge is 0.319 e. The van der Waals surface area contributed by atoms with Crippen molar-refractivity contribution in [2.45, 2.75) is 51.0 Å². The molecule has 4 aromatic carbocycles. The topological polar surface area (TPSA) is 126 Å². The van der Waals surface area contributed by atoms with Crippen molar-refractivity contribution in [3.8, 4) is 11.5 Å². The van der Waals surface area contributed by atoms with Crippen LogP contribution in [-0.2, 0) is 25.9 Å². The molecule has 2 atom stereocenters. The molecule has 0 spiro atoms. The normalized spacial score (nSPS) is 15.3. The van der Waals surface area contributed by atoms with E-state index in [0.717, 1.165) is 59.7 Å². The van der Waals surface area contributed by atoms with Crippen molar-refractivity contribution in [2.24, 2.45) is 0 Å². The first-order valence-electron chi connectivity index (χ1n) is 18.1. The molecule has 4 heterocycles. The van der Waals surface area contributed by atoms with Crippen molar-refractivity contribution in [2.75, 3.05) is 10.6 Å². The molecule has 2 aliphatic rings. The molecule has 10 nitrogen and oxygen atoms in total. The predicted molar refractivity (Wildman–Crippen MR) is 209 cm³/mol. The number of urea groups is 2. The van der Waals surface area contributed by atoms with Gasteiger partial charge in [0.05, 0.1) is 0 Å². The second-order valence-electron chi connectivity index (χ2n) is 13.1. The van der Waals surface area contributed by atoms with Gasteiger partial charge in [0, 0.05) is 61.4 Å². The van der Waals surface area contributed by atoms with E-state index >= 15 is 0 Å². The fourth-order valence-corrected chi connectivity index (χ4v) is 6.42. The number of aromatic nitrogens is 2. The van der Waals surface area contributed by atoms with E-state index in [2.05, 4.69) is 55.5 Å². The van der Waals surface area contributed by atoms with Gasteiger partial charge in [-0.1, -0.05) is 72.8 Å². The van der Waals surface area contributed by atoms with Crippen LogP contribution in [0.2, 0.25) is 0 Å². The third-order valence-electron chi connectivity index (χ3n) is 9.29. The average molecular weight is 719 g/mol. The summed E-state index contributed by atoms with van der Waals surface area (Å²) in [7, 11) is 0. The molecule has 0 unspecified atom stereocenters. The van der Waals surface area contributed by atoms with Crippen LogP contribution in [-0.4, -0.2) is 22.0 Å². The molecule has 4 N–H and O–H groups in total. The maximum Gasteiger partial charge on any atom is 0.319 e. The number of nitrogens with one attached hydrogen (secondary N) is 4. The SMILES string of the molecule is O=C(NCc1ccncc1)Nc1ccc2c(c1)O[C@@H](c1ccccc1)CC2.O=C(NCc1ccncc1)Nc1ccc2c(c1)O[C@H](c1ccccc1)CC2. The Bertz CT molecular complexity index is 1980. The van der Waals surface area contributed by atoms with Crippen LogP contribution in [0.15, 0.2) is 146 Å². The van der Waals surface area contributed by atoms with Crippen molar-refractivity contribution in [3.63, 3.8) is 0 Å². The fourth-order valence-electron chi connectivity index (χ4n) is 6.42. The van der Waals surface area contributed by atoms with Crippen LogP contribution < -0.4 is 30.7 Å². The number of hydrogen-bond acceptors (Lipinski definition) is 6. The van der Waals surface area contributed by atoms with Crippen molar-refractivity contribution in [1.29, 1.82) is 0 Å². The largest absolute Gasteiger partial charge is 0.485 e. The first-order chi connectivity index (χ1) is 26.6. The zero-order chi connectivity index (χ0) is 37.0. The van der Waals surface area contributed by atoms with E-state index in [0.29, 0.717) is 13.1 Å². The number of fused-ring (bicyclic) bond motifs is 2. The third-order valence-corrected chi connectivity index (χ3v) is 9.29. The highest BCUT2D eigenvalue weighted by atomic mass is 16.5. The van der Waals surface area contributed by atoms with Crippen LogP contribution >= 0.6 is 0 Å². The van der Waals surface area contributed by atoms with Crippen LogP contribution in [0, 0.1) is 0 Å². The first kappa shape index (κ1) is 35.7. The first-order valence-corrected chi connectivity index (χ1v) is 18.1. The summed E-state index contributed by atoms with van der Waals surface area (Å²) in [6, 6.07) is 39.1. The number of aryl methyl sites for hydroxylation is 2. The molecule has 0 fully saturated rings. The van der Waals surface area contributed by atoms with Crippen LogP contribution in [0.4, 0.5) is 21.0 Å². The molecule has 8 rings (SSSR count). The number of benzene rings is 4. The molecular weight excluding hydrogens is 677 g/mol. The molecule has 0 bridgehead atoms. The van der Waals surface area contributed by atoms with E-state index in [9.17, 15) is 9.59 Å². The van der Waals surface area contributed by atoms with E-state index < -0.39 is 0 Å². The molecule has 4 amide bonds. The van der Waals surface area contributed by atoms with Crippen LogP contribution in [0.1, 0.15) is 58.4 Å². The molecule has 10 heteroatoms. The second kappa shape index (κ2) is 17.7. The number of rotatable bonds is 8. The minimum Gasteiger partial charge on any atom is -0.485 e. The molecule has 2 aromatic heterocycles. The van der Waals surface area contributed by atoms with Crippen molar-refractivity contribution in [3.05, 3.63) is 179 Å². The lowest BCUT2D eigenvalue weighted by molar-refractivity contribution is 0.176. The van der Waals surface area contributed by atoms with Crippen LogP contribution in [0.3, 0.4) is 0 Å². The lowest BCUT2D eigenvalue weighted by atomic mass is 9.97. The Balaban J connectivity index is 0.000000167. The number of anilines is 2. The number of amides is 4. The van der Waals surface area contributed by atoms with Gasteiger partial charge in [-0.2, -0.15) is 0 Å². The molecule has 272 valence electrons. The Labute approximate surface area is 315 Å². The lowest BCUT2D eigenvalue weighted by Gasteiger charge is -2.27. The highest BCUT2D eigenvalue weighted by Crippen LogP contribution is 2.37. The lowest BCUT2D eigenvalue weighted by Crippen LogP contribution is -2.28. The molecule has 6 aromatic rings. The molecule has 2 aliphatic heterocycles. The van der Waals surface area contributed by atoms with Gasteiger partial charge < -0.3 is 30.7 Å². The minimum absolute atomic E-state index is 0.0504. The maximum absolute atomic E-state index is 12.2. The van der Waals surface area contributed by atoms with E-state index in [4.69, 9.17) is 9.47 Å². The number of carbonyl (C=O) groups is 2. The highest BCUT2D eigenvalue weighted by molar-refractivity contribution is 5.90. The van der Waals surface area contributed by atoms with Gasteiger partial charge in [-0.15, -0.1) is 0 Å². The number of nitrogens with zero attached hydrogens (tertiary/aromatic N) is 2. The zero-order valence-electron chi connectivity index (χ0n) is 29.8. The van der Waals surface area contributed by atoms with E-state index in [1.807, 2.05) is 97.1 Å². The van der Waals surface area contributed by atoms with Gasteiger partial charge in [0.2, 0.25) is 0 Å². The summed E-state index contributed by atoms with van der Waals surface area (Å²) in [5, 5.41) is 11.4. The monoisotopic (exact) mass is 718 g/mol. The summed E-state index contributed by atoms with van der Waals surface area (Å²) in [5.74, 6) is 1.67. The Morgan fingerprint density at radius 3 is 1.35 bits per heavy atom. The van der Waals surface area contributed by atoms with E-state index in [-0.39, 0.29) is 24.3 Å². The summed E-state index contributed by atoms with van der Waals surface area (Å²) in [5.41, 5.74) is 8.13. The summed E-state index contributed by atoms with van der Waals surface area (Å²) in [4.78, 5) is 32.3. The zero-order valence-corrected chi connectivity index (χ0v) is 29.8. The Hall–Kier alpha value is -6.68. The molecule has 54 heavy (non-hydrogen) atoms. The molecule has 0 saturated heterocycles. The average Bonchev–Trinajstić information content (AvgIpc) is 3.23. The van der Waals surface area contributed by atoms with E-state index in [1.165, 1.54) is 22.3 Å². The maximum atomic E-state index is 12.2. The number of pyridine rings is 2. The molecule has 0 radical (unpaired) electrons. The van der Waals surface area contributed by atoms with Gasteiger partial charge in [-0.3, -0.25) is 9.97 Å². The molecule has 0 saturated carbocycles. The summed E-state index contributed by atoms with van der Waals surface area (Å²) in [6.45, 7) is 0.901. The van der Waals surface area contributed by atoms with Crippen LogP contribution in [0.25, 0.3) is 0 Å². The molecule has 0 aliphatic carbocycles. The van der Waals surface area contributed by atoms with Gasteiger partial charge in [-0.25, -0.2) is 9.59 Å². The summed E-state index contributed by atoms with van der Waals surface area (Å²) < 4.78 is 12.4. The van der Waals surface area contributed by atoms with Gasteiger partial charge in [0.15, 0.2) is 0 Å². The third kappa shape index (κ3) is 9.80. The van der Waals surface area contributed by atoms with Gasteiger partial charge in [0.25, 0.3) is 0 Å². The Kier molecular flexibility index (Phi) is 11.7. The van der Waals surface area contributed by atoms with Gasteiger partial charge >= 0.3 is 12.1 Å². The fraction of sp³-hybridized carbons (Fsp3) is 0.182. The van der Waals surface area contributed by atoms with Crippen molar-refractivity contribution >= 4 is 23.4 Å². The van der Waals surface area contributed by atoms with Crippen LogP contribution in [0.5, 0.6) is 11.5 Å². The number of ether oxygens (including phenoxy) is 2. The standard InChI is InChI=1S/2C22H21N3O2/c2*26-22(24-15-16-10-12-23-13-11-16)25-19-8-6-18-7-9-20(27-21(18)14-19)17-4-2-1-3-5-17/h2*1-6,8,10-14,20H,7,9,15H2,(H2,24,25,26)/t2*20-/m10/s1. The van der Waals surface area contributed by atoms with Crippen molar-refractivity contribution < 1.29 is 19.1 Å². The Morgan fingerprint density at radius 1 is 0.537 bits per heavy atom. The molecular formula is C44H42N6O4. The highest BCUT2D eigenvalue weighted by Gasteiger charge is 2.23. The predicted octanol–water partition coefficient (Wildman–Crippen LogP) is 8.94. The quantitative estimate of drug-likeness (QED) is 0.125.